The molecule has 0 saturated carbocycles. The Bertz CT molecular complexity index is 651. The maximum atomic E-state index is 12.1. The zero-order valence-corrected chi connectivity index (χ0v) is 13.0. The quantitative estimate of drug-likeness (QED) is 0.823. The summed E-state index contributed by atoms with van der Waals surface area (Å²) in [6.07, 6.45) is 0. The summed E-state index contributed by atoms with van der Waals surface area (Å²) in [5.74, 6) is -1.73. The highest BCUT2D eigenvalue weighted by Gasteiger charge is 2.17. The molecule has 6 nitrogen and oxygen atoms in total. The van der Waals surface area contributed by atoms with Gasteiger partial charge in [0.15, 0.2) is 9.84 Å². The van der Waals surface area contributed by atoms with E-state index in [1.54, 1.807) is 26.8 Å². The molecule has 0 aliphatic heterocycles. The van der Waals surface area contributed by atoms with Gasteiger partial charge in [0.05, 0.1) is 11.3 Å². The number of aryl methyl sites for hydroxylation is 1. The van der Waals surface area contributed by atoms with Gasteiger partial charge in [0.1, 0.15) is 0 Å². The first-order chi connectivity index (χ1) is 9.64. The molecule has 1 amide bonds. The van der Waals surface area contributed by atoms with Crippen LogP contribution in [0.25, 0.3) is 0 Å². The molecule has 1 aromatic rings. The van der Waals surface area contributed by atoms with Crippen LogP contribution in [-0.2, 0) is 9.84 Å². The van der Waals surface area contributed by atoms with E-state index in [9.17, 15) is 18.0 Å². The topological polar surface area (TPSA) is 101 Å². The number of rotatable bonds is 6. The molecule has 0 saturated heterocycles. The maximum Gasteiger partial charge on any atom is 0.335 e. The first kappa shape index (κ1) is 17.2. The summed E-state index contributed by atoms with van der Waals surface area (Å²) in [5, 5.41) is 11.5. The number of aromatic carboxylic acids is 1. The van der Waals surface area contributed by atoms with Crippen LogP contribution in [0, 0.1) is 6.92 Å². The normalized spacial score (nSPS) is 12.7. The van der Waals surface area contributed by atoms with Crippen LogP contribution in [-0.4, -0.2) is 42.9 Å². The highest BCUT2D eigenvalue weighted by molar-refractivity contribution is 7.91. The number of amides is 1. The molecule has 0 heterocycles. The molecule has 0 aliphatic rings. The summed E-state index contributed by atoms with van der Waals surface area (Å²) in [4.78, 5) is 23.0. The number of benzene rings is 1. The van der Waals surface area contributed by atoms with Crippen molar-refractivity contribution >= 4 is 21.7 Å². The number of hydrogen-bond donors (Lipinski definition) is 2. The lowest BCUT2D eigenvalue weighted by Crippen LogP contribution is -2.38. The Morgan fingerprint density at radius 2 is 1.81 bits per heavy atom. The Morgan fingerprint density at radius 1 is 1.24 bits per heavy atom. The molecule has 21 heavy (non-hydrogen) atoms. The largest absolute Gasteiger partial charge is 0.478 e. The number of carboxylic acid groups (broad SMARTS) is 1. The third-order valence-corrected chi connectivity index (χ3v) is 4.80. The van der Waals surface area contributed by atoms with Gasteiger partial charge in [-0.15, -0.1) is 0 Å². The second-order valence-corrected chi connectivity index (χ2v) is 7.36. The van der Waals surface area contributed by atoms with Gasteiger partial charge in [-0.05, 0) is 37.6 Å². The molecule has 0 fully saturated rings. The SMILES string of the molecule is CCS(=O)(=O)CC(C)NC(=O)c1cc(C)cc(C(=O)O)c1. The van der Waals surface area contributed by atoms with Crippen LogP contribution in [0.3, 0.4) is 0 Å². The smallest absolute Gasteiger partial charge is 0.335 e. The van der Waals surface area contributed by atoms with Gasteiger partial charge in [-0.25, -0.2) is 13.2 Å². The third-order valence-electron chi connectivity index (χ3n) is 2.91. The van der Waals surface area contributed by atoms with Crippen LogP contribution in [0.4, 0.5) is 0 Å². The van der Waals surface area contributed by atoms with Crippen LogP contribution in [0.5, 0.6) is 0 Å². The fourth-order valence-corrected chi connectivity index (χ4v) is 2.97. The fraction of sp³-hybridized carbons (Fsp3) is 0.429. The Labute approximate surface area is 124 Å². The minimum absolute atomic E-state index is 0.0147. The van der Waals surface area contributed by atoms with E-state index in [2.05, 4.69) is 5.32 Å². The molecule has 0 bridgehead atoms. The Morgan fingerprint density at radius 3 is 2.33 bits per heavy atom. The van der Waals surface area contributed by atoms with Crippen LogP contribution >= 0.6 is 0 Å². The number of carboxylic acids is 1. The van der Waals surface area contributed by atoms with E-state index in [0.717, 1.165) is 0 Å². The lowest BCUT2D eigenvalue weighted by molar-refractivity contribution is 0.0696. The summed E-state index contributed by atoms with van der Waals surface area (Å²) >= 11 is 0. The molecule has 0 aromatic heterocycles. The van der Waals surface area contributed by atoms with Crippen molar-refractivity contribution in [1.82, 2.24) is 5.32 Å². The monoisotopic (exact) mass is 313 g/mol. The zero-order chi connectivity index (χ0) is 16.2. The predicted octanol–water partition coefficient (Wildman–Crippen LogP) is 1.25. The number of nitrogens with one attached hydrogen (secondary N) is 1. The van der Waals surface area contributed by atoms with E-state index >= 15 is 0 Å². The van der Waals surface area contributed by atoms with E-state index in [1.165, 1.54) is 12.1 Å². The van der Waals surface area contributed by atoms with Crippen LogP contribution in [0.15, 0.2) is 18.2 Å². The van der Waals surface area contributed by atoms with Gasteiger partial charge >= 0.3 is 5.97 Å². The van der Waals surface area contributed by atoms with E-state index in [-0.39, 0.29) is 22.6 Å². The van der Waals surface area contributed by atoms with Crippen LogP contribution in [0.1, 0.15) is 40.1 Å². The van der Waals surface area contributed by atoms with Gasteiger partial charge in [-0.1, -0.05) is 6.92 Å². The zero-order valence-electron chi connectivity index (χ0n) is 12.2. The van der Waals surface area contributed by atoms with E-state index < -0.39 is 27.8 Å². The highest BCUT2D eigenvalue weighted by Crippen LogP contribution is 2.10. The Kier molecular flexibility index (Phi) is 5.48. The van der Waals surface area contributed by atoms with Gasteiger partial charge in [0.25, 0.3) is 5.91 Å². The third kappa shape index (κ3) is 5.18. The van der Waals surface area contributed by atoms with Crippen molar-refractivity contribution < 1.29 is 23.1 Å². The van der Waals surface area contributed by atoms with Crippen LogP contribution in [0.2, 0.25) is 0 Å². The number of carbonyl (C=O) groups is 2. The second kappa shape index (κ2) is 6.71. The lowest BCUT2D eigenvalue weighted by atomic mass is 10.1. The van der Waals surface area contributed by atoms with Gasteiger partial charge < -0.3 is 10.4 Å². The fourth-order valence-electron chi connectivity index (χ4n) is 1.89. The molecule has 116 valence electrons. The standard InChI is InChI=1S/C14H19NO5S/c1-4-21(19,20)8-10(3)15-13(16)11-5-9(2)6-12(7-11)14(17)18/h5-7,10H,4,8H2,1-3H3,(H,15,16)(H,17,18). The molecule has 7 heteroatoms. The Balaban J connectivity index is 2.87. The summed E-state index contributed by atoms with van der Waals surface area (Å²) in [6.45, 7) is 4.83. The van der Waals surface area contributed by atoms with Gasteiger partial charge in [-0.2, -0.15) is 0 Å². The van der Waals surface area contributed by atoms with Crippen molar-refractivity contribution in [1.29, 1.82) is 0 Å². The average Bonchev–Trinajstić information content (AvgIpc) is 2.37. The minimum Gasteiger partial charge on any atom is -0.478 e. The molecular weight excluding hydrogens is 294 g/mol. The van der Waals surface area contributed by atoms with Gasteiger partial charge in [-0.3, -0.25) is 4.79 Å². The van der Waals surface area contributed by atoms with Crippen molar-refractivity contribution in [3.63, 3.8) is 0 Å². The van der Waals surface area contributed by atoms with Crippen molar-refractivity contribution in [3.05, 3.63) is 34.9 Å². The summed E-state index contributed by atoms with van der Waals surface area (Å²) in [5.41, 5.74) is 0.871. The molecule has 1 unspecified atom stereocenters. The van der Waals surface area contributed by atoms with E-state index in [0.29, 0.717) is 5.56 Å². The Hall–Kier alpha value is -1.89. The van der Waals surface area contributed by atoms with Crippen molar-refractivity contribution in [2.75, 3.05) is 11.5 Å². The molecule has 2 N–H and O–H groups in total. The highest BCUT2D eigenvalue weighted by atomic mass is 32.2. The summed E-state index contributed by atoms with van der Waals surface area (Å²) in [6, 6.07) is 3.75. The molecule has 1 aromatic carbocycles. The minimum atomic E-state index is -3.19. The van der Waals surface area contributed by atoms with Crippen molar-refractivity contribution in [2.24, 2.45) is 0 Å². The van der Waals surface area contributed by atoms with Crippen molar-refractivity contribution in [3.8, 4) is 0 Å². The van der Waals surface area contributed by atoms with Gasteiger partial charge in [0, 0.05) is 17.4 Å². The second-order valence-electron chi connectivity index (χ2n) is 4.97. The first-order valence-electron chi connectivity index (χ1n) is 6.51. The van der Waals surface area contributed by atoms with Crippen molar-refractivity contribution in [2.45, 2.75) is 26.8 Å². The van der Waals surface area contributed by atoms with E-state index in [4.69, 9.17) is 5.11 Å². The molecule has 1 atom stereocenters. The molecule has 0 radical (unpaired) electrons. The first-order valence-corrected chi connectivity index (χ1v) is 8.33. The lowest BCUT2D eigenvalue weighted by Gasteiger charge is -2.14. The number of carbonyl (C=O) groups excluding carboxylic acids is 1. The maximum absolute atomic E-state index is 12.1. The van der Waals surface area contributed by atoms with Gasteiger partial charge in [0.2, 0.25) is 0 Å². The average molecular weight is 313 g/mol. The molecule has 0 spiro atoms. The van der Waals surface area contributed by atoms with Crippen LogP contribution < -0.4 is 5.32 Å². The number of sulfone groups is 1. The summed E-state index contributed by atoms with van der Waals surface area (Å²) in [7, 11) is -3.19. The molecule has 0 aliphatic carbocycles. The number of hydrogen-bond acceptors (Lipinski definition) is 4. The predicted molar refractivity (Wildman–Crippen MR) is 79.4 cm³/mol. The van der Waals surface area contributed by atoms with E-state index in [1.807, 2.05) is 0 Å². The molecular formula is C14H19NO5S. The summed E-state index contributed by atoms with van der Waals surface area (Å²) < 4.78 is 23.0. The molecule has 1 rings (SSSR count).